The molecule has 12 unspecified atom stereocenters. The topological polar surface area (TPSA) is 250 Å². The molecular weight excluding hydrogens is 668 g/mol. The van der Waals surface area contributed by atoms with Crippen LogP contribution in [0.25, 0.3) is 0 Å². The van der Waals surface area contributed by atoms with E-state index in [1.54, 1.807) is 0 Å². The Hall–Kier alpha value is -3.95. The zero-order valence-electron chi connectivity index (χ0n) is 27.8. The minimum atomic E-state index is -1.67. The van der Waals surface area contributed by atoms with Gasteiger partial charge < -0.3 is 61.9 Å². The van der Waals surface area contributed by atoms with E-state index in [-0.39, 0.29) is 0 Å². The summed E-state index contributed by atoms with van der Waals surface area (Å²) in [6.07, 6.45) is -18.3. The Labute approximate surface area is 279 Å². The SMILES string of the molecule is CC(=O)OC1COC(OC2C(OC(C)=O)COC(OC3C(OC(C)=O)COC(OC(C)=O)C3OC(C)=O)C2OC(C)=O)C(OC(C)=O)C1O. The van der Waals surface area contributed by atoms with Crippen molar-refractivity contribution in [3.8, 4) is 0 Å². The molecule has 0 amide bonds. The highest BCUT2D eigenvalue weighted by molar-refractivity contribution is 5.69. The van der Waals surface area contributed by atoms with E-state index in [1.807, 2.05) is 0 Å². The average Bonchev–Trinajstić information content (AvgIpc) is 2.96. The van der Waals surface area contributed by atoms with Crippen molar-refractivity contribution in [2.75, 3.05) is 19.8 Å². The van der Waals surface area contributed by atoms with E-state index in [9.17, 15) is 38.7 Å². The number of aliphatic hydroxyl groups excluding tert-OH is 1. The Bertz CT molecular complexity index is 1240. The molecular formula is C29H40O20. The van der Waals surface area contributed by atoms with Crippen molar-refractivity contribution in [1.29, 1.82) is 0 Å². The Morgan fingerprint density at radius 1 is 0.408 bits per heavy atom. The number of carbonyl (C=O) groups is 7. The molecule has 20 heteroatoms. The van der Waals surface area contributed by atoms with Crippen LogP contribution in [0.4, 0.5) is 0 Å². The molecule has 0 saturated carbocycles. The first-order chi connectivity index (χ1) is 23.0. The van der Waals surface area contributed by atoms with Crippen LogP contribution in [0.3, 0.4) is 0 Å². The molecule has 12 atom stereocenters. The van der Waals surface area contributed by atoms with Gasteiger partial charge in [0.15, 0.2) is 49.2 Å². The standard InChI is InChI=1S/C29H40O20/c1-11(30)41-18-8-38-27(24(21(18)37)44-14(4)33)48-23-20(43-13(3)32)10-40-29(26(23)46-16(6)35)49-22-19(42-12(2)31)9-39-28(47-17(7)36)25(22)45-15(5)34/h18-29,37H,8-10H2,1-7H3. The Morgan fingerprint density at radius 3 is 1.12 bits per heavy atom. The summed E-state index contributed by atoms with van der Waals surface area (Å²) in [6, 6.07) is 0. The van der Waals surface area contributed by atoms with Crippen LogP contribution in [0.5, 0.6) is 0 Å². The Morgan fingerprint density at radius 2 is 0.714 bits per heavy atom. The van der Waals surface area contributed by atoms with Crippen LogP contribution in [-0.4, -0.2) is 141 Å². The molecule has 0 bridgehead atoms. The second kappa shape index (κ2) is 17.6. The molecule has 0 spiro atoms. The van der Waals surface area contributed by atoms with Crippen molar-refractivity contribution in [2.45, 2.75) is 122 Å². The number of rotatable bonds is 11. The molecule has 3 aliphatic heterocycles. The maximum atomic E-state index is 12.4. The van der Waals surface area contributed by atoms with E-state index in [0.29, 0.717) is 0 Å². The monoisotopic (exact) mass is 708 g/mol. The van der Waals surface area contributed by atoms with Crippen LogP contribution >= 0.6 is 0 Å². The van der Waals surface area contributed by atoms with Crippen molar-refractivity contribution in [3.63, 3.8) is 0 Å². The van der Waals surface area contributed by atoms with Crippen molar-refractivity contribution >= 4 is 41.8 Å². The molecule has 276 valence electrons. The molecule has 0 aromatic rings. The van der Waals surface area contributed by atoms with Crippen LogP contribution in [0.2, 0.25) is 0 Å². The third-order valence-electron chi connectivity index (χ3n) is 6.90. The summed E-state index contributed by atoms with van der Waals surface area (Å²) in [5, 5.41) is 10.9. The summed E-state index contributed by atoms with van der Waals surface area (Å²) >= 11 is 0. The van der Waals surface area contributed by atoms with Crippen molar-refractivity contribution < 1.29 is 95.5 Å². The zero-order valence-corrected chi connectivity index (χ0v) is 27.8. The summed E-state index contributed by atoms with van der Waals surface area (Å²) in [5.41, 5.74) is 0. The molecule has 0 aliphatic carbocycles. The molecule has 3 rings (SSSR count). The van der Waals surface area contributed by atoms with Gasteiger partial charge in [-0.05, 0) is 0 Å². The van der Waals surface area contributed by atoms with E-state index < -0.39 is 135 Å². The third-order valence-corrected chi connectivity index (χ3v) is 6.90. The van der Waals surface area contributed by atoms with E-state index in [0.717, 1.165) is 48.5 Å². The molecule has 0 aromatic carbocycles. The summed E-state index contributed by atoms with van der Waals surface area (Å²) in [5.74, 6) is -5.82. The molecule has 3 fully saturated rings. The number of aliphatic hydroxyl groups is 1. The van der Waals surface area contributed by atoms with Crippen molar-refractivity contribution in [2.24, 2.45) is 0 Å². The first kappa shape index (κ1) is 39.5. The minimum absolute atomic E-state index is 0.414. The first-order valence-electron chi connectivity index (χ1n) is 15.0. The molecule has 3 aliphatic rings. The molecule has 1 N–H and O–H groups in total. The van der Waals surface area contributed by atoms with Gasteiger partial charge in [0.2, 0.25) is 6.29 Å². The summed E-state index contributed by atoms with van der Waals surface area (Å²) in [7, 11) is 0. The van der Waals surface area contributed by atoms with Gasteiger partial charge in [-0.15, -0.1) is 0 Å². The van der Waals surface area contributed by atoms with Gasteiger partial charge in [0.05, 0.1) is 19.8 Å². The third kappa shape index (κ3) is 11.3. The fraction of sp³-hybridized carbons (Fsp3) is 0.759. The van der Waals surface area contributed by atoms with E-state index in [4.69, 9.17) is 56.8 Å². The van der Waals surface area contributed by atoms with Gasteiger partial charge in [-0.25, -0.2) is 0 Å². The number of hydrogen-bond donors (Lipinski definition) is 1. The number of hydrogen-bond acceptors (Lipinski definition) is 20. The maximum Gasteiger partial charge on any atom is 0.305 e. The van der Waals surface area contributed by atoms with Crippen LogP contribution in [0.15, 0.2) is 0 Å². The van der Waals surface area contributed by atoms with Gasteiger partial charge in [-0.1, -0.05) is 0 Å². The fourth-order valence-corrected chi connectivity index (χ4v) is 5.28. The normalized spacial score (nSPS) is 34.4. The van der Waals surface area contributed by atoms with Gasteiger partial charge in [0.25, 0.3) is 0 Å². The van der Waals surface area contributed by atoms with Crippen molar-refractivity contribution in [3.05, 3.63) is 0 Å². The number of esters is 7. The van der Waals surface area contributed by atoms with Crippen molar-refractivity contribution in [1.82, 2.24) is 0 Å². The van der Waals surface area contributed by atoms with Gasteiger partial charge in [-0.2, -0.15) is 0 Å². The lowest BCUT2D eigenvalue weighted by Crippen LogP contribution is -2.65. The van der Waals surface area contributed by atoms with Crippen LogP contribution in [-0.2, 0) is 90.4 Å². The molecule has 0 radical (unpaired) electrons. The van der Waals surface area contributed by atoms with E-state index >= 15 is 0 Å². The van der Waals surface area contributed by atoms with Crippen LogP contribution in [0.1, 0.15) is 48.5 Å². The van der Waals surface area contributed by atoms with Gasteiger partial charge in [0.1, 0.15) is 18.3 Å². The second-order valence-electron chi connectivity index (χ2n) is 11.1. The Kier molecular flexibility index (Phi) is 14.2. The molecule has 3 saturated heterocycles. The lowest BCUT2D eigenvalue weighted by molar-refractivity contribution is -0.356. The fourth-order valence-electron chi connectivity index (χ4n) is 5.28. The molecule has 0 aromatic heterocycles. The van der Waals surface area contributed by atoms with Crippen LogP contribution in [0, 0.1) is 0 Å². The van der Waals surface area contributed by atoms with Crippen LogP contribution < -0.4 is 0 Å². The maximum absolute atomic E-state index is 12.4. The minimum Gasteiger partial charge on any atom is -0.457 e. The summed E-state index contributed by atoms with van der Waals surface area (Å²) < 4.78 is 66.2. The lowest BCUT2D eigenvalue weighted by atomic mass is 10.0. The van der Waals surface area contributed by atoms with Gasteiger partial charge >= 0.3 is 41.8 Å². The molecule has 3 heterocycles. The smallest absolute Gasteiger partial charge is 0.305 e. The second-order valence-corrected chi connectivity index (χ2v) is 11.1. The van der Waals surface area contributed by atoms with E-state index in [2.05, 4.69) is 0 Å². The highest BCUT2D eigenvalue weighted by Gasteiger charge is 2.55. The van der Waals surface area contributed by atoms with E-state index in [1.165, 1.54) is 0 Å². The largest absolute Gasteiger partial charge is 0.457 e. The number of carbonyl (C=O) groups excluding carboxylic acids is 7. The first-order valence-corrected chi connectivity index (χ1v) is 15.0. The van der Waals surface area contributed by atoms with Gasteiger partial charge in [-0.3, -0.25) is 33.6 Å². The average molecular weight is 709 g/mol. The highest BCUT2D eigenvalue weighted by Crippen LogP contribution is 2.33. The lowest BCUT2D eigenvalue weighted by Gasteiger charge is -2.47. The summed E-state index contributed by atoms with van der Waals surface area (Å²) in [6.45, 7) is 6.12. The number of ether oxygens (including phenoxy) is 12. The summed E-state index contributed by atoms with van der Waals surface area (Å²) in [4.78, 5) is 84.0. The quantitative estimate of drug-likeness (QED) is 0.186. The Balaban J connectivity index is 2.03. The highest BCUT2D eigenvalue weighted by atomic mass is 16.8. The molecule has 20 nitrogen and oxygen atoms in total. The zero-order chi connectivity index (χ0) is 36.6. The predicted octanol–water partition coefficient (Wildman–Crippen LogP) is -1.66. The predicted molar refractivity (Wildman–Crippen MR) is 150 cm³/mol. The molecule has 49 heavy (non-hydrogen) atoms. The van der Waals surface area contributed by atoms with Gasteiger partial charge in [0, 0.05) is 48.5 Å².